The molecule has 0 N–H and O–H groups in total. The van der Waals surface area contributed by atoms with Gasteiger partial charge in [0.2, 0.25) is 0 Å². The molecule has 3 aromatic rings. The highest BCUT2D eigenvalue weighted by Crippen LogP contribution is 2.32. The Morgan fingerprint density at radius 2 is 1.90 bits per heavy atom. The number of hydrogen-bond donors (Lipinski definition) is 0. The first-order chi connectivity index (χ1) is 15.0. The molecule has 0 aliphatic rings. The summed E-state index contributed by atoms with van der Waals surface area (Å²) in [6.07, 6.45) is 2.60. The van der Waals surface area contributed by atoms with Crippen molar-refractivity contribution in [1.29, 1.82) is 0 Å². The standard InChI is InChI=1S/C25H29FINO3/c1-4-7-11-22-23(18-10-8-9-12-21(18)31-22)24(29)17-15-19(26)25(20(27)16-17)30-14-13-28(5-2)6-3/h8-10,12,15-16H,4-7,11,13-14H2,1-3H3. The average Bonchev–Trinajstić information content (AvgIpc) is 3.14. The van der Waals surface area contributed by atoms with Crippen LogP contribution in [0.5, 0.6) is 5.75 Å². The molecule has 0 amide bonds. The van der Waals surface area contributed by atoms with E-state index in [1.807, 2.05) is 46.9 Å². The topological polar surface area (TPSA) is 42.7 Å². The first kappa shape index (κ1) is 23.7. The quantitative estimate of drug-likeness (QED) is 0.208. The van der Waals surface area contributed by atoms with Crippen molar-refractivity contribution in [2.24, 2.45) is 0 Å². The molecule has 1 aromatic heterocycles. The monoisotopic (exact) mass is 537 g/mol. The van der Waals surface area contributed by atoms with Gasteiger partial charge in [-0.2, -0.15) is 0 Å². The van der Waals surface area contributed by atoms with Crippen molar-refractivity contribution in [1.82, 2.24) is 4.90 Å². The number of unbranched alkanes of at least 4 members (excludes halogenated alkanes) is 1. The number of hydrogen-bond acceptors (Lipinski definition) is 4. The number of likely N-dealkylation sites (N-methyl/N-ethyl adjacent to an activating group) is 1. The van der Waals surface area contributed by atoms with E-state index in [2.05, 4.69) is 25.7 Å². The van der Waals surface area contributed by atoms with Crippen LogP contribution in [0, 0.1) is 9.39 Å². The minimum absolute atomic E-state index is 0.201. The largest absolute Gasteiger partial charge is 0.488 e. The number of ether oxygens (including phenoxy) is 1. The molecule has 0 saturated carbocycles. The summed E-state index contributed by atoms with van der Waals surface area (Å²) >= 11 is 2.03. The molecule has 2 aromatic carbocycles. The maximum Gasteiger partial charge on any atom is 0.197 e. The lowest BCUT2D eigenvalue weighted by Gasteiger charge is -2.18. The summed E-state index contributed by atoms with van der Waals surface area (Å²) in [5.74, 6) is 0.135. The van der Waals surface area contributed by atoms with E-state index in [4.69, 9.17) is 9.15 Å². The van der Waals surface area contributed by atoms with Crippen LogP contribution in [-0.2, 0) is 6.42 Å². The number of rotatable bonds is 11. The number of nitrogens with zero attached hydrogens (tertiary/aromatic N) is 1. The first-order valence-corrected chi connectivity index (χ1v) is 12.0. The van der Waals surface area contributed by atoms with Gasteiger partial charge >= 0.3 is 0 Å². The van der Waals surface area contributed by atoms with E-state index in [0.717, 1.165) is 37.9 Å². The number of benzene rings is 2. The highest BCUT2D eigenvalue weighted by molar-refractivity contribution is 14.1. The summed E-state index contributed by atoms with van der Waals surface area (Å²) in [5.41, 5.74) is 1.53. The zero-order valence-corrected chi connectivity index (χ0v) is 20.5. The van der Waals surface area contributed by atoms with E-state index in [9.17, 15) is 9.18 Å². The maximum absolute atomic E-state index is 14.9. The smallest absolute Gasteiger partial charge is 0.197 e. The molecular weight excluding hydrogens is 508 g/mol. The summed E-state index contributed by atoms with van der Waals surface area (Å²) in [4.78, 5) is 15.6. The maximum atomic E-state index is 14.9. The third-order valence-electron chi connectivity index (χ3n) is 5.46. The van der Waals surface area contributed by atoms with E-state index < -0.39 is 5.82 Å². The van der Waals surface area contributed by atoms with Crippen LogP contribution in [0.15, 0.2) is 40.8 Å². The highest BCUT2D eigenvalue weighted by Gasteiger charge is 2.23. The molecule has 0 aliphatic heterocycles. The fraction of sp³-hybridized carbons (Fsp3) is 0.400. The van der Waals surface area contributed by atoms with Crippen LogP contribution in [-0.4, -0.2) is 36.9 Å². The summed E-state index contributed by atoms with van der Waals surface area (Å²) in [7, 11) is 0. The molecule has 166 valence electrons. The van der Waals surface area contributed by atoms with Gasteiger partial charge < -0.3 is 14.1 Å². The molecule has 4 nitrogen and oxygen atoms in total. The van der Waals surface area contributed by atoms with Crippen molar-refractivity contribution in [3.8, 4) is 5.75 Å². The Balaban J connectivity index is 1.89. The molecule has 0 fully saturated rings. The zero-order chi connectivity index (χ0) is 22.4. The summed E-state index contributed by atoms with van der Waals surface area (Å²) < 4.78 is 27.2. The Bertz CT molecular complexity index is 1020. The lowest BCUT2D eigenvalue weighted by Crippen LogP contribution is -2.28. The Morgan fingerprint density at radius 3 is 2.58 bits per heavy atom. The minimum Gasteiger partial charge on any atom is -0.488 e. The second-order valence-electron chi connectivity index (χ2n) is 7.47. The van der Waals surface area contributed by atoms with E-state index in [-0.39, 0.29) is 11.5 Å². The van der Waals surface area contributed by atoms with Crippen LogP contribution in [0.3, 0.4) is 0 Å². The third kappa shape index (κ3) is 5.47. The molecule has 3 rings (SSSR count). The van der Waals surface area contributed by atoms with Crippen molar-refractivity contribution < 1.29 is 18.3 Å². The SMILES string of the molecule is CCCCc1oc2ccccc2c1C(=O)c1cc(F)c(OCCN(CC)CC)c(I)c1. The normalized spacial score (nSPS) is 11.4. The van der Waals surface area contributed by atoms with Crippen molar-refractivity contribution in [2.75, 3.05) is 26.2 Å². The van der Waals surface area contributed by atoms with E-state index in [0.29, 0.717) is 39.1 Å². The summed E-state index contributed by atoms with van der Waals surface area (Å²) in [6, 6.07) is 10.5. The van der Waals surface area contributed by atoms with Gasteiger partial charge in [0.25, 0.3) is 0 Å². The molecule has 31 heavy (non-hydrogen) atoms. The number of aryl methyl sites for hydroxylation is 1. The molecule has 0 unspecified atom stereocenters. The molecule has 0 atom stereocenters. The van der Waals surface area contributed by atoms with Gasteiger partial charge in [0.05, 0.1) is 9.13 Å². The molecule has 0 aliphatic carbocycles. The highest BCUT2D eigenvalue weighted by atomic mass is 127. The second-order valence-corrected chi connectivity index (χ2v) is 8.64. The minimum atomic E-state index is -0.516. The van der Waals surface area contributed by atoms with Crippen LogP contribution >= 0.6 is 22.6 Å². The van der Waals surface area contributed by atoms with Gasteiger partial charge in [-0.15, -0.1) is 0 Å². The fourth-order valence-corrected chi connectivity index (χ4v) is 4.40. The van der Waals surface area contributed by atoms with E-state index >= 15 is 0 Å². The van der Waals surface area contributed by atoms with Crippen LogP contribution in [0.1, 0.15) is 55.3 Å². The van der Waals surface area contributed by atoms with Crippen molar-refractivity contribution in [3.63, 3.8) is 0 Å². The molecular formula is C25H29FINO3. The molecule has 0 bridgehead atoms. The van der Waals surface area contributed by atoms with E-state index in [1.165, 1.54) is 6.07 Å². The van der Waals surface area contributed by atoms with Gasteiger partial charge in [0.15, 0.2) is 17.3 Å². The zero-order valence-electron chi connectivity index (χ0n) is 18.3. The number of ketones is 1. The van der Waals surface area contributed by atoms with Gasteiger partial charge in [-0.3, -0.25) is 4.79 Å². The summed E-state index contributed by atoms with van der Waals surface area (Å²) in [5, 5.41) is 0.772. The predicted molar refractivity (Wildman–Crippen MR) is 131 cm³/mol. The van der Waals surface area contributed by atoms with Gasteiger partial charge in [0.1, 0.15) is 18.0 Å². The van der Waals surface area contributed by atoms with Crippen molar-refractivity contribution in [2.45, 2.75) is 40.0 Å². The van der Waals surface area contributed by atoms with Crippen LogP contribution in [0.2, 0.25) is 0 Å². The number of para-hydroxylation sites is 1. The average molecular weight is 537 g/mol. The van der Waals surface area contributed by atoms with Gasteiger partial charge in [-0.1, -0.05) is 45.4 Å². The third-order valence-corrected chi connectivity index (χ3v) is 6.26. The fourth-order valence-electron chi connectivity index (χ4n) is 3.65. The van der Waals surface area contributed by atoms with Crippen molar-refractivity contribution in [3.05, 3.63) is 62.7 Å². The lowest BCUT2D eigenvalue weighted by molar-refractivity contribution is 0.103. The van der Waals surface area contributed by atoms with Gasteiger partial charge in [0, 0.05) is 23.9 Å². The second kappa shape index (κ2) is 11.1. The Hall–Kier alpha value is -1.93. The van der Waals surface area contributed by atoms with Crippen LogP contribution in [0.25, 0.3) is 11.0 Å². The molecule has 6 heteroatoms. The summed E-state index contributed by atoms with van der Waals surface area (Å²) in [6.45, 7) is 9.24. The molecule has 1 heterocycles. The van der Waals surface area contributed by atoms with Gasteiger partial charge in [-0.25, -0.2) is 4.39 Å². The molecule has 0 spiro atoms. The Kier molecular flexibility index (Phi) is 8.49. The number of carbonyl (C=O) groups is 1. The Morgan fingerprint density at radius 1 is 1.16 bits per heavy atom. The van der Waals surface area contributed by atoms with Crippen LogP contribution < -0.4 is 4.74 Å². The Labute approximate surface area is 196 Å². The number of halogens is 2. The predicted octanol–water partition coefficient (Wildman–Crippen LogP) is 6.47. The van der Waals surface area contributed by atoms with Crippen molar-refractivity contribution >= 4 is 39.3 Å². The number of carbonyl (C=O) groups excluding carboxylic acids is 1. The van der Waals surface area contributed by atoms with Crippen LogP contribution in [0.4, 0.5) is 4.39 Å². The first-order valence-electron chi connectivity index (χ1n) is 10.9. The molecule has 0 radical (unpaired) electrons. The van der Waals surface area contributed by atoms with Gasteiger partial charge in [-0.05, 0) is 60.3 Å². The molecule has 0 saturated heterocycles. The van der Waals surface area contributed by atoms with E-state index in [1.54, 1.807) is 6.07 Å². The lowest BCUT2D eigenvalue weighted by atomic mass is 9.98. The number of furan rings is 1. The number of fused-ring (bicyclic) bond motifs is 1.